The number of rotatable bonds is 3. The van der Waals surface area contributed by atoms with E-state index < -0.39 is 0 Å². The summed E-state index contributed by atoms with van der Waals surface area (Å²) in [5, 5.41) is 0.653. The van der Waals surface area contributed by atoms with E-state index in [1.807, 2.05) is 6.07 Å². The van der Waals surface area contributed by atoms with Crippen molar-refractivity contribution in [1.82, 2.24) is 0 Å². The monoisotopic (exact) mass is 331 g/mol. The van der Waals surface area contributed by atoms with E-state index in [2.05, 4.69) is 22.0 Å². The van der Waals surface area contributed by atoms with Gasteiger partial charge in [-0.2, -0.15) is 0 Å². The smallest absolute Gasteiger partial charge is 0.141 e. The summed E-state index contributed by atoms with van der Waals surface area (Å²) >= 11 is 9.79. The molecule has 0 spiro atoms. The molecule has 0 radical (unpaired) electrons. The lowest BCUT2D eigenvalue weighted by atomic mass is 9.69. The van der Waals surface area contributed by atoms with Gasteiger partial charge in [-0.05, 0) is 25.0 Å². The number of hydrogen-bond acceptors (Lipinski definition) is 2. The van der Waals surface area contributed by atoms with Crippen LogP contribution in [0.4, 0.5) is 0 Å². The second-order valence-electron chi connectivity index (χ2n) is 5.01. The van der Waals surface area contributed by atoms with Crippen molar-refractivity contribution < 1.29 is 4.74 Å². The van der Waals surface area contributed by atoms with Crippen LogP contribution in [0.15, 0.2) is 16.6 Å². The normalized spacial score (nSPS) is 18.7. The van der Waals surface area contributed by atoms with Gasteiger partial charge in [0.1, 0.15) is 5.75 Å². The number of ether oxygens (including phenoxy) is 1. The van der Waals surface area contributed by atoms with Crippen LogP contribution in [0.2, 0.25) is 5.02 Å². The van der Waals surface area contributed by atoms with Crippen LogP contribution in [0.1, 0.15) is 37.7 Å². The lowest BCUT2D eigenvalue weighted by Gasteiger charge is -2.38. The molecule has 0 atom stereocenters. The minimum atomic E-state index is 0.0248. The van der Waals surface area contributed by atoms with Gasteiger partial charge in [0.2, 0.25) is 0 Å². The van der Waals surface area contributed by atoms with Gasteiger partial charge in [-0.1, -0.05) is 46.8 Å². The number of nitrogens with two attached hydrogens (primary N) is 1. The molecule has 0 aliphatic heterocycles. The first kappa shape index (κ1) is 14.2. The number of benzene rings is 1. The third-order valence-electron chi connectivity index (χ3n) is 3.99. The van der Waals surface area contributed by atoms with Gasteiger partial charge in [0, 0.05) is 22.0 Å². The second-order valence-corrected chi connectivity index (χ2v) is 6.34. The van der Waals surface area contributed by atoms with E-state index in [4.69, 9.17) is 22.1 Å². The van der Waals surface area contributed by atoms with Crippen molar-refractivity contribution in [2.24, 2.45) is 5.73 Å². The number of hydrogen-bond donors (Lipinski definition) is 1. The van der Waals surface area contributed by atoms with Crippen molar-refractivity contribution >= 4 is 27.5 Å². The topological polar surface area (TPSA) is 35.2 Å². The van der Waals surface area contributed by atoms with E-state index >= 15 is 0 Å². The van der Waals surface area contributed by atoms with Gasteiger partial charge in [-0.25, -0.2) is 0 Å². The van der Waals surface area contributed by atoms with Crippen molar-refractivity contribution in [1.29, 1.82) is 0 Å². The van der Waals surface area contributed by atoms with Crippen LogP contribution in [-0.2, 0) is 5.41 Å². The van der Waals surface area contributed by atoms with Crippen LogP contribution in [0.3, 0.4) is 0 Å². The maximum Gasteiger partial charge on any atom is 0.141 e. The van der Waals surface area contributed by atoms with Crippen molar-refractivity contribution in [3.63, 3.8) is 0 Å². The fourth-order valence-corrected chi connectivity index (χ4v) is 3.86. The van der Waals surface area contributed by atoms with E-state index in [-0.39, 0.29) is 5.41 Å². The quantitative estimate of drug-likeness (QED) is 0.897. The predicted molar refractivity (Wildman–Crippen MR) is 79.5 cm³/mol. The van der Waals surface area contributed by atoms with Crippen molar-refractivity contribution in [2.75, 3.05) is 13.7 Å². The summed E-state index contributed by atoms with van der Waals surface area (Å²) in [5.74, 6) is 0.784. The molecule has 1 aliphatic carbocycles. The number of methoxy groups -OCH3 is 1. The summed E-state index contributed by atoms with van der Waals surface area (Å²) in [6.45, 7) is 0.649. The molecule has 1 fully saturated rings. The Labute approximate surface area is 122 Å². The fourth-order valence-electron chi connectivity index (χ4n) is 2.97. The molecule has 0 bridgehead atoms. The molecule has 1 aromatic carbocycles. The molecule has 1 aliphatic rings. The van der Waals surface area contributed by atoms with E-state index in [0.29, 0.717) is 11.6 Å². The van der Waals surface area contributed by atoms with E-state index in [1.165, 1.54) is 19.3 Å². The molecule has 0 amide bonds. The zero-order valence-corrected chi connectivity index (χ0v) is 13.0. The zero-order chi connectivity index (χ0) is 13.2. The Morgan fingerprint density at radius 2 is 2.00 bits per heavy atom. The standard InChI is InChI=1S/C14H19BrClNO/c1-18-13-11(7-10(15)8-12(13)16)14(9-17)5-3-2-4-6-14/h7-8H,2-6,9,17H2,1H3. The summed E-state index contributed by atoms with van der Waals surface area (Å²) in [5.41, 5.74) is 7.26. The van der Waals surface area contributed by atoms with Gasteiger partial charge in [-0.15, -0.1) is 0 Å². The highest BCUT2D eigenvalue weighted by Crippen LogP contribution is 2.46. The molecule has 0 heterocycles. The highest BCUT2D eigenvalue weighted by atomic mass is 79.9. The summed E-state index contributed by atoms with van der Waals surface area (Å²) in [6, 6.07) is 3.99. The molecule has 4 heteroatoms. The molecule has 2 N–H and O–H groups in total. The average molecular weight is 333 g/mol. The van der Waals surface area contributed by atoms with Crippen molar-refractivity contribution in [2.45, 2.75) is 37.5 Å². The molecule has 2 rings (SSSR count). The summed E-state index contributed by atoms with van der Waals surface area (Å²) in [7, 11) is 1.67. The minimum Gasteiger partial charge on any atom is -0.495 e. The Morgan fingerprint density at radius 1 is 1.33 bits per heavy atom. The van der Waals surface area contributed by atoms with Gasteiger partial charge in [0.05, 0.1) is 12.1 Å². The lowest BCUT2D eigenvalue weighted by molar-refractivity contribution is 0.288. The highest BCUT2D eigenvalue weighted by molar-refractivity contribution is 9.10. The first-order valence-corrected chi connectivity index (χ1v) is 7.53. The van der Waals surface area contributed by atoms with E-state index in [1.54, 1.807) is 7.11 Å². The molecular formula is C14H19BrClNO. The number of halogens is 2. The molecule has 0 saturated heterocycles. The third kappa shape index (κ3) is 2.54. The zero-order valence-electron chi connectivity index (χ0n) is 10.6. The maximum absolute atomic E-state index is 6.28. The van der Waals surface area contributed by atoms with Crippen LogP contribution >= 0.6 is 27.5 Å². The molecule has 0 unspecified atom stereocenters. The van der Waals surface area contributed by atoms with E-state index in [0.717, 1.165) is 28.6 Å². The lowest BCUT2D eigenvalue weighted by Crippen LogP contribution is -2.37. The van der Waals surface area contributed by atoms with Crippen LogP contribution in [0.25, 0.3) is 0 Å². The summed E-state index contributed by atoms with van der Waals surface area (Å²) in [4.78, 5) is 0. The van der Waals surface area contributed by atoms with Crippen LogP contribution in [-0.4, -0.2) is 13.7 Å². The Bertz CT molecular complexity index is 430. The molecule has 2 nitrogen and oxygen atoms in total. The SMILES string of the molecule is COc1c(Cl)cc(Br)cc1C1(CN)CCCCC1. The van der Waals surface area contributed by atoms with Crippen LogP contribution < -0.4 is 10.5 Å². The Kier molecular flexibility index (Phi) is 4.57. The first-order chi connectivity index (χ1) is 8.63. The van der Waals surface area contributed by atoms with E-state index in [9.17, 15) is 0 Å². The Balaban J connectivity index is 2.53. The Hall–Kier alpha value is -0.250. The van der Waals surface area contributed by atoms with Crippen LogP contribution in [0.5, 0.6) is 5.75 Å². The molecule has 1 aromatic rings. The molecule has 100 valence electrons. The van der Waals surface area contributed by atoms with Gasteiger partial charge in [-0.3, -0.25) is 0 Å². The Morgan fingerprint density at radius 3 is 2.56 bits per heavy atom. The van der Waals surface area contributed by atoms with Crippen LogP contribution in [0, 0.1) is 0 Å². The summed E-state index contributed by atoms with van der Waals surface area (Å²) in [6.07, 6.45) is 5.99. The molecule has 1 saturated carbocycles. The molecular weight excluding hydrogens is 314 g/mol. The average Bonchev–Trinajstić information content (AvgIpc) is 2.38. The highest BCUT2D eigenvalue weighted by Gasteiger charge is 2.35. The van der Waals surface area contributed by atoms with Gasteiger partial charge in [0.15, 0.2) is 0 Å². The minimum absolute atomic E-state index is 0.0248. The first-order valence-electron chi connectivity index (χ1n) is 6.36. The largest absolute Gasteiger partial charge is 0.495 e. The third-order valence-corrected chi connectivity index (χ3v) is 4.72. The second kappa shape index (κ2) is 5.81. The van der Waals surface area contributed by atoms with Gasteiger partial charge < -0.3 is 10.5 Å². The fraction of sp³-hybridized carbons (Fsp3) is 0.571. The molecule has 18 heavy (non-hydrogen) atoms. The molecule has 0 aromatic heterocycles. The predicted octanol–water partition coefficient (Wildman–Crippen LogP) is 4.27. The van der Waals surface area contributed by atoms with Crippen molar-refractivity contribution in [3.8, 4) is 5.75 Å². The maximum atomic E-state index is 6.28. The van der Waals surface area contributed by atoms with Crippen molar-refractivity contribution in [3.05, 3.63) is 27.2 Å². The van der Waals surface area contributed by atoms with Gasteiger partial charge >= 0.3 is 0 Å². The van der Waals surface area contributed by atoms with Gasteiger partial charge in [0.25, 0.3) is 0 Å². The summed E-state index contributed by atoms with van der Waals surface area (Å²) < 4.78 is 6.49.